The van der Waals surface area contributed by atoms with Crippen molar-refractivity contribution in [3.63, 3.8) is 0 Å². The fourth-order valence-corrected chi connectivity index (χ4v) is 0.953. The average molecular weight is 188 g/mol. The van der Waals surface area contributed by atoms with Crippen molar-refractivity contribution >= 4 is 12.7 Å². The van der Waals surface area contributed by atoms with Crippen LogP contribution >= 0.6 is 0 Å². The van der Waals surface area contributed by atoms with E-state index in [4.69, 9.17) is 0 Å². The van der Waals surface area contributed by atoms with E-state index in [9.17, 15) is 0 Å². The maximum Gasteiger partial charge on any atom is -0.0190 e. The van der Waals surface area contributed by atoms with Crippen LogP contribution in [0.5, 0.6) is 0 Å². The van der Waals surface area contributed by atoms with Crippen molar-refractivity contribution < 1.29 is 0 Å². The largest absolute Gasteiger partial charge is 0.0912 e. The second-order valence-electron chi connectivity index (χ2n) is 3.11. The highest BCUT2D eigenvalue weighted by molar-refractivity contribution is 5.39. The highest BCUT2D eigenvalue weighted by Gasteiger charge is 1.78. The molecule has 0 nitrogen and oxygen atoms in total. The fraction of sp³-hybridized carbons (Fsp3) is 0.286. The van der Waals surface area contributed by atoms with Crippen LogP contribution in [0.2, 0.25) is 0 Å². The van der Waals surface area contributed by atoms with Crippen LogP contribution in [0.4, 0.5) is 0 Å². The van der Waals surface area contributed by atoms with Crippen LogP contribution in [0, 0.1) is 0 Å². The Balaban J connectivity index is 0.000000791. The summed E-state index contributed by atoms with van der Waals surface area (Å²) in [6.45, 7) is 12.1. The molecule has 0 bridgehead atoms. The molecule has 0 radical (unpaired) electrons. The van der Waals surface area contributed by atoms with E-state index in [0.717, 1.165) is 5.22 Å². The number of allylic oxidation sites excluding steroid dienone is 2. The molecule has 0 atom stereocenters. The lowest BCUT2D eigenvalue weighted by molar-refractivity contribution is 1.40. The Kier molecular flexibility index (Phi) is 6.47. The molecule has 0 aliphatic carbocycles. The van der Waals surface area contributed by atoms with Gasteiger partial charge in [-0.25, -0.2) is 0 Å². The number of rotatable bonds is 1. The first-order valence-electron chi connectivity index (χ1n) is 5.09. The zero-order valence-corrected chi connectivity index (χ0v) is 9.67. The van der Waals surface area contributed by atoms with Crippen LogP contribution in [0.3, 0.4) is 0 Å². The van der Waals surface area contributed by atoms with E-state index in [1.54, 1.807) is 0 Å². The first-order chi connectivity index (χ1) is 6.70. The van der Waals surface area contributed by atoms with E-state index in [2.05, 4.69) is 38.6 Å². The third kappa shape index (κ3) is 4.66. The third-order valence-electron chi connectivity index (χ3n) is 1.65. The van der Waals surface area contributed by atoms with Crippen molar-refractivity contribution in [2.45, 2.75) is 27.7 Å². The molecule has 0 N–H and O–H groups in total. The first-order valence-corrected chi connectivity index (χ1v) is 5.09. The molecular weight excluding hydrogens is 168 g/mol. The first kappa shape index (κ1) is 12.7. The van der Waals surface area contributed by atoms with Crippen molar-refractivity contribution in [3.05, 3.63) is 46.4 Å². The maximum absolute atomic E-state index is 3.94. The molecule has 0 spiro atoms. The lowest BCUT2D eigenvalue weighted by Gasteiger charge is -1.86. The van der Waals surface area contributed by atoms with Crippen molar-refractivity contribution in [1.82, 2.24) is 0 Å². The second-order valence-corrected chi connectivity index (χ2v) is 3.11. The molecule has 0 saturated carbocycles. The van der Waals surface area contributed by atoms with Crippen molar-refractivity contribution in [1.29, 1.82) is 0 Å². The molecule has 0 aliphatic heterocycles. The summed E-state index contributed by atoms with van der Waals surface area (Å²) in [4.78, 5) is 0. The summed E-state index contributed by atoms with van der Waals surface area (Å²) in [5, 5.41) is 2.27. The Bertz CT molecular complexity index is 379. The molecule has 0 amide bonds. The standard InChI is InChI=1S/C12H14.C2H6/c1-10(2)8-9-12-7-5-4-6-11(12)3;1-2/h4-9H,3H2,1-2H3;1-2H3/b12-9-;. The van der Waals surface area contributed by atoms with Crippen LogP contribution < -0.4 is 10.4 Å². The van der Waals surface area contributed by atoms with Crippen molar-refractivity contribution in [2.75, 3.05) is 0 Å². The van der Waals surface area contributed by atoms with Crippen LogP contribution in [-0.2, 0) is 0 Å². The van der Waals surface area contributed by atoms with Crippen LogP contribution in [0.1, 0.15) is 27.7 Å². The Morgan fingerprint density at radius 3 is 2.21 bits per heavy atom. The lowest BCUT2D eigenvalue weighted by atomic mass is 10.2. The summed E-state index contributed by atoms with van der Waals surface area (Å²) in [5.41, 5.74) is 1.30. The van der Waals surface area contributed by atoms with Gasteiger partial charge in [-0.2, -0.15) is 0 Å². The molecule has 1 rings (SSSR count). The molecule has 0 aliphatic rings. The monoisotopic (exact) mass is 188 g/mol. The van der Waals surface area contributed by atoms with E-state index < -0.39 is 0 Å². The minimum atomic E-state index is 1.08. The second kappa shape index (κ2) is 7.14. The molecule has 0 aromatic heterocycles. The van der Waals surface area contributed by atoms with Gasteiger partial charge in [0.25, 0.3) is 0 Å². The van der Waals surface area contributed by atoms with Gasteiger partial charge in [-0.05, 0) is 24.3 Å². The van der Waals surface area contributed by atoms with Gasteiger partial charge in [0.05, 0.1) is 0 Å². The summed E-state index contributed by atoms with van der Waals surface area (Å²) in [7, 11) is 0. The third-order valence-corrected chi connectivity index (χ3v) is 1.65. The van der Waals surface area contributed by atoms with Crippen LogP contribution in [-0.4, -0.2) is 0 Å². The Morgan fingerprint density at radius 1 is 1.14 bits per heavy atom. The van der Waals surface area contributed by atoms with Gasteiger partial charge in [0, 0.05) is 0 Å². The summed E-state index contributed by atoms with van der Waals surface area (Å²) >= 11 is 0. The quantitative estimate of drug-likeness (QED) is 0.635. The predicted octanol–water partition coefficient (Wildman–Crippen LogP) is 2.87. The molecule has 1 aromatic carbocycles. The van der Waals surface area contributed by atoms with E-state index in [0.29, 0.717) is 0 Å². The number of benzene rings is 1. The molecule has 0 unspecified atom stereocenters. The number of hydrogen-bond donors (Lipinski definition) is 0. The summed E-state index contributed by atoms with van der Waals surface area (Å²) < 4.78 is 0. The molecule has 76 valence electrons. The van der Waals surface area contributed by atoms with Gasteiger partial charge in [0.2, 0.25) is 0 Å². The maximum atomic E-state index is 3.94. The minimum Gasteiger partial charge on any atom is -0.0912 e. The molecule has 0 heteroatoms. The molecule has 0 saturated heterocycles. The summed E-state index contributed by atoms with van der Waals surface area (Å²) in [6, 6.07) is 8.12. The normalized spacial score (nSPS) is 10.1. The van der Waals surface area contributed by atoms with E-state index >= 15 is 0 Å². The van der Waals surface area contributed by atoms with Crippen molar-refractivity contribution in [2.24, 2.45) is 0 Å². The lowest BCUT2D eigenvalue weighted by Crippen LogP contribution is -2.21. The highest BCUT2D eigenvalue weighted by atomic mass is 13.8. The predicted molar refractivity (Wildman–Crippen MR) is 66.5 cm³/mol. The molecule has 0 fully saturated rings. The van der Waals surface area contributed by atoms with Gasteiger partial charge < -0.3 is 0 Å². The fourth-order valence-electron chi connectivity index (χ4n) is 0.953. The minimum absolute atomic E-state index is 1.08. The summed E-state index contributed by atoms with van der Waals surface area (Å²) in [5.74, 6) is 0. The SMILES string of the molecule is C=c1cccc/c1=C/C=C(C)C.CC. The van der Waals surface area contributed by atoms with E-state index in [-0.39, 0.29) is 0 Å². The topological polar surface area (TPSA) is 0 Å². The molecule has 1 aromatic rings. The van der Waals surface area contributed by atoms with Gasteiger partial charge in [-0.15, -0.1) is 0 Å². The molecular formula is C14H20. The molecule has 14 heavy (non-hydrogen) atoms. The number of hydrogen-bond acceptors (Lipinski definition) is 0. The van der Waals surface area contributed by atoms with E-state index in [1.807, 2.05) is 32.0 Å². The Labute approximate surface area is 87.3 Å². The van der Waals surface area contributed by atoms with Gasteiger partial charge in [0.1, 0.15) is 0 Å². The zero-order valence-electron chi connectivity index (χ0n) is 9.67. The van der Waals surface area contributed by atoms with Crippen LogP contribution in [0.15, 0.2) is 35.9 Å². The van der Waals surface area contributed by atoms with Gasteiger partial charge in [-0.3, -0.25) is 0 Å². The van der Waals surface area contributed by atoms with Gasteiger partial charge >= 0.3 is 0 Å². The smallest absolute Gasteiger partial charge is 0.0190 e. The Hall–Kier alpha value is -1.30. The Morgan fingerprint density at radius 2 is 1.71 bits per heavy atom. The van der Waals surface area contributed by atoms with E-state index in [1.165, 1.54) is 10.8 Å². The zero-order chi connectivity index (χ0) is 11.0. The summed E-state index contributed by atoms with van der Waals surface area (Å²) in [6.07, 6.45) is 4.20. The molecule has 0 heterocycles. The van der Waals surface area contributed by atoms with Crippen LogP contribution in [0.25, 0.3) is 12.7 Å². The highest BCUT2D eigenvalue weighted by Crippen LogP contribution is 1.87. The average Bonchev–Trinajstić information content (AvgIpc) is 2.19. The van der Waals surface area contributed by atoms with Gasteiger partial charge in [-0.1, -0.05) is 62.4 Å². The van der Waals surface area contributed by atoms with Gasteiger partial charge in [0.15, 0.2) is 0 Å². The van der Waals surface area contributed by atoms with Crippen molar-refractivity contribution in [3.8, 4) is 0 Å².